The lowest BCUT2D eigenvalue weighted by Crippen LogP contribution is -2.49. The fourth-order valence-electron chi connectivity index (χ4n) is 2.28. The summed E-state index contributed by atoms with van der Waals surface area (Å²) in [4.78, 5) is 39.6. The van der Waals surface area contributed by atoms with Crippen molar-refractivity contribution in [1.29, 1.82) is 0 Å². The third-order valence-corrected chi connectivity index (χ3v) is 3.29. The minimum absolute atomic E-state index is 0.109. The Kier molecular flexibility index (Phi) is 3.02. The number of para-hydroxylation sites is 1. The summed E-state index contributed by atoms with van der Waals surface area (Å²) in [5, 5.41) is 12.0. The molecule has 21 heavy (non-hydrogen) atoms. The molecule has 3 rings (SSSR count). The molecule has 7 heteroatoms. The van der Waals surface area contributed by atoms with E-state index < -0.39 is 12.0 Å². The number of hydrogen-bond acceptors (Lipinski definition) is 4. The summed E-state index contributed by atoms with van der Waals surface area (Å²) >= 11 is 0. The molecule has 0 aliphatic carbocycles. The minimum Gasteiger partial charge on any atom is -0.478 e. The first-order valence-electron chi connectivity index (χ1n) is 6.29. The zero-order valence-electron chi connectivity index (χ0n) is 10.9. The predicted molar refractivity (Wildman–Crippen MR) is 74.2 cm³/mol. The van der Waals surface area contributed by atoms with Crippen LogP contribution in [0.5, 0.6) is 0 Å². The number of urea groups is 1. The number of imide groups is 1. The third kappa shape index (κ3) is 2.29. The van der Waals surface area contributed by atoms with Gasteiger partial charge in [0.2, 0.25) is 5.91 Å². The second-order valence-corrected chi connectivity index (χ2v) is 4.63. The highest BCUT2D eigenvalue weighted by Gasteiger charge is 2.24. The first-order valence-corrected chi connectivity index (χ1v) is 6.29. The van der Waals surface area contributed by atoms with Crippen molar-refractivity contribution in [2.24, 2.45) is 0 Å². The van der Waals surface area contributed by atoms with Gasteiger partial charge in [0.15, 0.2) is 0 Å². The number of carboxylic acid groups (broad SMARTS) is 1. The number of aromatic nitrogens is 1. The van der Waals surface area contributed by atoms with Crippen molar-refractivity contribution < 1.29 is 19.5 Å². The molecular weight excluding hydrogens is 274 g/mol. The molecule has 7 nitrogen and oxygen atoms in total. The monoisotopic (exact) mass is 285 g/mol. The van der Waals surface area contributed by atoms with Crippen LogP contribution in [0.25, 0.3) is 10.9 Å². The predicted octanol–water partition coefficient (Wildman–Crippen LogP) is 1.38. The molecule has 106 valence electrons. The molecule has 1 aromatic heterocycles. The summed E-state index contributed by atoms with van der Waals surface area (Å²) in [6.45, 7) is 0.274. The number of aromatic carboxylic acids is 1. The average molecular weight is 285 g/mol. The van der Waals surface area contributed by atoms with Crippen molar-refractivity contribution in [2.45, 2.75) is 6.42 Å². The van der Waals surface area contributed by atoms with Crippen LogP contribution in [0.1, 0.15) is 16.8 Å². The second kappa shape index (κ2) is 4.86. The van der Waals surface area contributed by atoms with Gasteiger partial charge in [-0.25, -0.2) is 9.59 Å². The fraction of sp³-hybridized carbons (Fsp3) is 0.143. The highest BCUT2D eigenvalue weighted by atomic mass is 16.4. The van der Waals surface area contributed by atoms with Crippen molar-refractivity contribution >= 4 is 34.5 Å². The molecule has 2 N–H and O–H groups in total. The maximum atomic E-state index is 11.8. The summed E-state index contributed by atoms with van der Waals surface area (Å²) in [6.07, 6.45) is 1.66. The van der Waals surface area contributed by atoms with Crippen LogP contribution in [0.15, 0.2) is 30.5 Å². The Balaban J connectivity index is 2.04. The third-order valence-electron chi connectivity index (χ3n) is 3.29. The van der Waals surface area contributed by atoms with E-state index >= 15 is 0 Å². The molecule has 0 bridgehead atoms. The van der Waals surface area contributed by atoms with Crippen LogP contribution in [0.2, 0.25) is 0 Å². The number of benzene rings is 1. The number of rotatable bonds is 2. The van der Waals surface area contributed by atoms with Crippen LogP contribution in [-0.2, 0) is 4.79 Å². The second-order valence-electron chi connectivity index (χ2n) is 4.63. The zero-order chi connectivity index (χ0) is 15.0. The van der Waals surface area contributed by atoms with Crippen molar-refractivity contribution in [3.8, 4) is 0 Å². The van der Waals surface area contributed by atoms with Gasteiger partial charge < -0.3 is 5.11 Å². The lowest BCUT2D eigenvalue weighted by atomic mass is 10.1. The standard InChI is InChI=1S/C14H11N3O4/c18-11-4-5-17(14(21)16-11)9-6-8-2-1-3-10(13(19)20)12(8)15-7-9/h1-3,6-7H,4-5H2,(H,19,20)(H,16,18,21). The van der Waals surface area contributed by atoms with Gasteiger partial charge in [-0.05, 0) is 12.1 Å². The quantitative estimate of drug-likeness (QED) is 0.868. The summed E-state index contributed by atoms with van der Waals surface area (Å²) in [6, 6.07) is 6.01. The van der Waals surface area contributed by atoms with E-state index in [-0.39, 0.29) is 24.4 Å². The molecule has 1 saturated heterocycles. The molecule has 0 spiro atoms. The molecule has 0 saturated carbocycles. The lowest BCUT2D eigenvalue weighted by molar-refractivity contribution is -0.120. The zero-order valence-corrected chi connectivity index (χ0v) is 10.9. The molecular formula is C14H11N3O4. The number of carbonyl (C=O) groups is 3. The number of pyridine rings is 1. The van der Waals surface area contributed by atoms with Crippen molar-refractivity contribution in [2.75, 3.05) is 11.4 Å². The SMILES string of the molecule is O=C1CCN(c2cnc3c(C(=O)O)cccc3c2)C(=O)N1. The van der Waals surface area contributed by atoms with Crippen LogP contribution in [-0.4, -0.2) is 34.5 Å². The van der Waals surface area contributed by atoms with Gasteiger partial charge in [0, 0.05) is 18.4 Å². The first-order chi connectivity index (χ1) is 10.1. The maximum absolute atomic E-state index is 11.8. The van der Waals surface area contributed by atoms with Crippen LogP contribution < -0.4 is 10.2 Å². The highest BCUT2D eigenvalue weighted by Crippen LogP contribution is 2.23. The molecule has 2 heterocycles. The smallest absolute Gasteiger partial charge is 0.337 e. The van der Waals surface area contributed by atoms with E-state index in [9.17, 15) is 14.4 Å². The molecule has 1 aliphatic heterocycles. The lowest BCUT2D eigenvalue weighted by Gasteiger charge is -2.26. The van der Waals surface area contributed by atoms with E-state index in [2.05, 4.69) is 10.3 Å². The van der Waals surface area contributed by atoms with Gasteiger partial charge in [0.25, 0.3) is 0 Å². The average Bonchev–Trinajstić information content (AvgIpc) is 2.46. The summed E-state index contributed by atoms with van der Waals surface area (Å²) in [7, 11) is 0. The van der Waals surface area contributed by atoms with E-state index in [0.717, 1.165) is 0 Å². The van der Waals surface area contributed by atoms with Gasteiger partial charge in [-0.1, -0.05) is 12.1 Å². The number of amides is 3. The van der Waals surface area contributed by atoms with Crippen LogP contribution in [0, 0.1) is 0 Å². The van der Waals surface area contributed by atoms with Crippen molar-refractivity contribution in [1.82, 2.24) is 10.3 Å². The number of carboxylic acids is 1. The number of nitrogens with one attached hydrogen (secondary N) is 1. The molecule has 1 aliphatic rings. The van der Waals surface area contributed by atoms with E-state index in [1.54, 1.807) is 18.2 Å². The van der Waals surface area contributed by atoms with Gasteiger partial charge >= 0.3 is 12.0 Å². The fourth-order valence-corrected chi connectivity index (χ4v) is 2.28. The Morgan fingerprint density at radius 3 is 2.86 bits per heavy atom. The van der Waals surface area contributed by atoms with Gasteiger partial charge in [-0.15, -0.1) is 0 Å². The van der Waals surface area contributed by atoms with Crippen molar-refractivity contribution in [3.63, 3.8) is 0 Å². The van der Waals surface area contributed by atoms with Gasteiger partial charge in [-0.2, -0.15) is 0 Å². The van der Waals surface area contributed by atoms with Crippen LogP contribution in [0.3, 0.4) is 0 Å². The summed E-state index contributed by atoms with van der Waals surface area (Å²) in [5.74, 6) is -1.36. The molecule has 1 fully saturated rings. The van der Waals surface area contributed by atoms with Gasteiger partial charge in [-0.3, -0.25) is 20.0 Å². The number of nitrogens with zero attached hydrogens (tertiary/aromatic N) is 2. The Hall–Kier alpha value is -2.96. The van der Waals surface area contributed by atoms with E-state index in [1.807, 2.05) is 0 Å². The maximum Gasteiger partial charge on any atom is 0.337 e. The van der Waals surface area contributed by atoms with Crippen molar-refractivity contribution in [3.05, 3.63) is 36.0 Å². The Bertz CT molecular complexity index is 772. The molecule has 3 amide bonds. The summed E-state index contributed by atoms with van der Waals surface area (Å²) in [5.41, 5.74) is 0.995. The normalized spacial score (nSPS) is 15.1. The van der Waals surface area contributed by atoms with E-state index in [1.165, 1.54) is 17.2 Å². The Morgan fingerprint density at radius 2 is 2.14 bits per heavy atom. The molecule has 0 atom stereocenters. The molecule has 2 aromatic rings. The molecule has 0 radical (unpaired) electrons. The summed E-state index contributed by atoms with van der Waals surface area (Å²) < 4.78 is 0. The molecule has 0 unspecified atom stereocenters. The van der Waals surface area contributed by atoms with Crippen LogP contribution >= 0.6 is 0 Å². The molecule has 1 aromatic carbocycles. The number of anilines is 1. The van der Waals surface area contributed by atoms with Gasteiger partial charge in [0.05, 0.1) is 23.0 Å². The topological polar surface area (TPSA) is 99.6 Å². The van der Waals surface area contributed by atoms with Gasteiger partial charge in [0.1, 0.15) is 0 Å². The van der Waals surface area contributed by atoms with Crippen LogP contribution in [0.4, 0.5) is 10.5 Å². The van der Waals surface area contributed by atoms with E-state index in [4.69, 9.17) is 5.11 Å². The van der Waals surface area contributed by atoms with E-state index in [0.29, 0.717) is 16.6 Å². The highest BCUT2D eigenvalue weighted by molar-refractivity contribution is 6.07. The number of fused-ring (bicyclic) bond motifs is 1. The largest absolute Gasteiger partial charge is 0.478 e. The Labute approximate surface area is 119 Å². The minimum atomic E-state index is -1.05. The number of carbonyl (C=O) groups excluding carboxylic acids is 2. The Morgan fingerprint density at radius 1 is 1.33 bits per heavy atom. The first kappa shape index (κ1) is 13.0. The number of hydrogen-bond donors (Lipinski definition) is 2.